The molecule has 0 saturated carbocycles. The number of aliphatic hydroxyl groups excluding tert-OH is 1. The second kappa shape index (κ2) is 5.65. The van der Waals surface area contributed by atoms with Crippen molar-refractivity contribution in [3.05, 3.63) is 35.0 Å². The third-order valence-corrected chi connectivity index (χ3v) is 4.69. The second-order valence-electron chi connectivity index (χ2n) is 6.00. The molecule has 2 aliphatic rings. The molecule has 0 bridgehead atoms. The highest BCUT2D eigenvalue weighted by Gasteiger charge is 2.56. The lowest BCUT2D eigenvalue weighted by Crippen LogP contribution is -2.61. The number of nitriles is 1. The van der Waals surface area contributed by atoms with Gasteiger partial charge in [-0.1, -0.05) is 6.07 Å². The fraction of sp³-hybridized carbons (Fsp3) is 0.353. The molecule has 1 saturated heterocycles. The number of carboxylic acid groups (broad SMARTS) is 1. The molecule has 7 heteroatoms. The normalized spacial score (nSPS) is 23.4. The Labute approximate surface area is 138 Å². The van der Waals surface area contributed by atoms with E-state index in [1.807, 2.05) is 0 Å². The summed E-state index contributed by atoms with van der Waals surface area (Å²) < 4.78 is 0. The van der Waals surface area contributed by atoms with Crippen molar-refractivity contribution in [1.82, 2.24) is 4.90 Å². The van der Waals surface area contributed by atoms with E-state index in [9.17, 15) is 25.1 Å². The Morgan fingerprint density at radius 2 is 2.21 bits per heavy atom. The first-order valence-electron chi connectivity index (χ1n) is 7.60. The molecule has 24 heavy (non-hydrogen) atoms. The van der Waals surface area contributed by atoms with E-state index < -0.39 is 18.0 Å². The first-order valence-corrected chi connectivity index (χ1v) is 7.60. The van der Waals surface area contributed by atoms with Gasteiger partial charge in [0.15, 0.2) is 0 Å². The number of aliphatic hydroxyl groups is 1. The highest BCUT2D eigenvalue weighted by molar-refractivity contribution is 6.06. The van der Waals surface area contributed by atoms with Crippen LogP contribution in [0.25, 0.3) is 5.57 Å². The topological polar surface area (TPSA) is 114 Å². The summed E-state index contributed by atoms with van der Waals surface area (Å²) in [5, 5.41) is 31.5. The monoisotopic (exact) mass is 327 g/mol. The van der Waals surface area contributed by atoms with Crippen LogP contribution in [0.4, 0.5) is 5.69 Å². The number of carboxylic acids is 1. The van der Waals surface area contributed by atoms with Crippen LogP contribution in [0.5, 0.6) is 0 Å². The summed E-state index contributed by atoms with van der Waals surface area (Å²) >= 11 is 0. The third-order valence-electron chi connectivity index (χ3n) is 4.69. The molecule has 0 aliphatic carbocycles. The average Bonchev–Trinajstić information content (AvgIpc) is 2.89. The molecule has 1 fully saturated rings. The molecular formula is C17H17N3O4. The number of rotatable bonds is 4. The van der Waals surface area contributed by atoms with Crippen LogP contribution in [-0.2, 0) is 9.59 Å². The summed E-state index contributed by atoms with van der Waals surface area (Å²) in [5.74, 6) is -2.13. The summed E-state index contributed by atoms with van der Waals surface area (Å²) in [4.78, 5) is 25.1. The number of carbonyl (C=O) groups is 2. The lowest BCUT2D eigenvalue weighted by molar-refractivity contribution is -0.161. The molecular weight excluding hydrogens is 310 g/mol. The van der Waals surface area contributed by atoms with Gasteiger partial charge in [0, 0.05) is 7.05 Å². The van der Waals surface area contributed by atoms with E-state index in [2.05, 4.69) is 11.4 Å². The number of nitrogens with zero attached hydrogens (tertiary/aromatic N) is 2. The van der Waals surface area contributed by atoms with Crippen LogP contribution >= 0.6 is 0 Å². The quantitative estimate of drug-likeness (QED) is 0.711. The number of benzene rings is 1. The maximum atomic E-state index is 12.2. The SMILES string of the molecule is CNc1ccc(C2=C(C(=O)O)N3C(=O)[C@H]([C@@H](C)O)[C@H]3C2)cc1C#N. The largest absolute Gasteiger partial charge is 0.477 e. The van der Waals surface area contributed by atoms with Crippen molar-refractivity contribution >= 4 is 23.1 Å². The van der Waals surface area contributed by atoms with Gasteiger partial charge in [-0.3, -0.25) is 4.79 Å². The van der Waals surface area contributed by atoms with Crippen LogP contribution in [-0.4, -0.2) is 46.2 Å². The van der Waals surface area contributed by atoms with Crippen molar-refractivity contribution in [2.75, 3.05) is 12.4 Å². The summed E-state index contributed by atoms with van der Waals surface area (Å²) in [7, 11) is 1.70. The smallest absolute Gasteiger partial charge is 0.352 e. The average molecular weight is 327 g/mol. The highest BCUT2D eigenvalue weighted by atomic mass is 16.4. The van der Waals surface area contributed by atoms with Crippen molar-refractivity contribution in [1.29, 1.82) is 5.26 Å². The minimum Gasteiger partial charge on any atom is -0.477 e. The number of fused-ring (bicyclic) bond motifs is 1. The predicted molar refractivity (Wildman–Crippen MR) is 85.7 cm³/mol. The van der Waals surface area contributed by atoms with E-state index in [0.717, 1.165) is 0 Å². The van der Waals surface area contributed by atoms with Gasteiger partial charge < -0.3 is 20.4 Å². The van der Waals surface area contributed by atoms with Crippen molar-refractivity contribution < 1.29 is 19.8 Å². The molecule has 3 rings (SSSR count). The molecule has 0 spiro atoms. The molecule has 0 unspecified atom stereocenters. The standard InChI is InChI=1S/C17H17N3O4/c1-8(21)14-13-6-11(15(17(23)24)20(13)16(14)22)9-3-4-12(19-2)10(5-9)7-18/h3-5,8,13-14,19,21H,6H2,1-2H3,(H,23,24)/t8-,13-,14-/m1/s1. The Morgan fingerprint density at radius 3 is 2.75 bits per heavy atom. The summed E-state index contributed by atoms with van der Waals surface area (Å²) in [6.45, 7) is 1.54. The van der Waals surface area contributed by atoms with E-state index >= 15 is 0 Å². The van der Waals surface area contributed by atoms with Gasteiger partial charge in [-0.15, -0.1) is 0 Å². The summed E-state index contributed by atoms with van der Waals surface area (Å²) in [6, 6.07) is 6.81. The zero-order chi connectivity index (χ0) is 17.6. The van der Waals surface area contributed by atoms with Crippen LogP contribution in [0.15, 0.2) is 23.9 Å². The van der Waals surface area contributed by atoms with Crippen molar-refractivity contribution in [3.63, 3.8) is 0 Å². The number of nitrogens with one attached hydrogen (secondary N) is 1. The number of carbonyl (C=O) groups excluding carboxylic acids is 1. The van der Waals surface area contributed by atoms with E-state index in [4.69, 9.17) is 0 Å². The molecule has 0 aromatic heterocycles. The van der Waals surface area contributed by atoms with Crippen molar-refractivity contribution in [2.45, 2.75) is 25.5 Å². The minimum atomic E-state index is -1.18. The number of hydrogen-bond donors (Lipinski definition) is 3. The molecule has 3 N–H and O–H groups in total. The lowest BCUT2D eigenvalue weighted by Gasteiger charge is -2.44. The van der Waals surface area contributed by atoms with Gasteiger partial charge in [-0.2, -0.15) is 5.26 Å². The van der Waals surface area contributed by atoms with Gasteiger partial charge in [0.05, 0.1) is 29.3 Å². The van der Waals surface area contributed by atoms with Gasteiger partial charge in [-0.05, 0) is 36.6 Å². The Morgan fingerprint density at radius 1 is 1.50 bits per heavy atom. The molecule has 1 aromatic rings. The predicted octanol–water partition coefficient (Wildman–Crippen LogP) is 1.01. The molecule has 124 valence electrons. The fourth-order valence-corrected chi connectivity index (χ4v) is 3.57. The van der Waals surface area contributed by atoms with E-state index in [-0.39, 0.29) is 17.6 Å². The van der Waals surface area contributed by atoms with Crippen molar-refractivity contribution in [3.8, 4) is 6.07 Å². The number of amides is 1. The Hall–Kier alpha value is -2.85. The zero-order valence-electron chi connectivity index (χ0n) is 13.3. The van der Waals surface area contributed by atoms with Crippen LogP contribution < -0.4 is 5.32 Å². The molecule has 3 atom stereocenters. The first kappa shape index (κ1) is 16.0. The Balaban J connectivity index is 2.06. The number of anilines is 1. The van der Waals surface area contributed by atoms with Gasteiger partial charge in [0.25, 0.3) is 0 Å². The molecule has 1 aromatic carbocycles. The Bertz CT molecular complexity index is 807. The number of β-lactam (4-membered cyclic amide) rings is 1. The molecule has 2 heterocycles. The first-order chi connectivity index (χ1) is 11.4. The molecule has 7 nitrogen and oxygen atoms in total. The third kappa shape index (κ3) is 2.15. The maximum Gasteiger partial charge on any atom is 0.352 e. The fourth-order valence-electron chi connectivity index (χ4n) is 3.57. The van der Waals surface area contributed by atoms with Crippen LogP contribution in [0.3, 0.4) is 0 Å². The highest BCUT2D eigenvalue weighted by Crippen LogP contribution is 2.47. The van der Waals surface area contributed by atoms with E-state index in [1.54, 1.807) is 25.2 Å². The second-order valence-corrected chi connectivity index (χ2v) is 6.00. The van der Waals surface area contributed by atoms with E-state index in [0.29, 0.717) is 28.8 Å². The van der Waals surface area contributed by atoms with Gasteiger partial charge in [0.2, 0.25) is 5.91 Å². The zero-order valence-corrected chi connectivity index (χ0v) is 13.3. The van der Waals surface area contributed by atoms with Crippen molar-refractivity contribution in [2.24, 2.45) is 5.92 Å². The number of aliphatic carboxylic acids is 1. The van der Waals surface area contributed by atoms with E-state index in [1.165, 1.54) is 11.8 Å². The lowest BCUT2D eigenvalue weighted by atomic mass is 9.82. The number of hydrogen-bond acceptors (Lipinski definition) is 5. The van der Waals surface area contributed by atoms with Crippen LogP contribution in [0.1, 0.15) is 24.5 Å². The van der Waals surface area contributed by atoms with Crippen LogP contribution in [0.2, 0.25) is 0 Å². The molecule has 2 aliphatic heterocycles. The summed E-state index contributed by atoms with van der Waals surface area (Å²) in [5.41, 5.74) is 2.12. The van der Waals surface area contributed by atoms with Gasteiger partial charge in [0.1, 0.15) is 11.8 Å². The maximum absolute atomic E-state index is 12.2. The minimum absolute atomic E-state index is 0.0528. The Kier molecular flexibility index (Phi) is 3.78. The van der Waals surface area contributed by atoms with Crippen LogP contribution in [0, 0.1) is 17.2 Å². The van der Waals surface area contributed by atoms with Gasteiger partial charge in [-0.25, -0.2) is 4.79 Å². The molecule has 1 amide bonds. The molecule has 0 radical (unpaired) electrons. The summed E-state index contributed by atoms with van der Waals surface area (Å²) in [6.07, 6.45) is -0.471. The van der Waals surface area contributed by atoms with Gasteiger partial charge >= 0.3 is 5.97 Å².